The molecule has 1 amide bonds. The van der Waals surface area contributed by atoms with Crippen LogP contribution in [0.15, 0.2) is 24.3 Å². The molecule has 0 fully saturated rings. The Hall–Kier alpha value is -0.410. The molecule has 0 aliphatic heterocycles. The zero-order chi connectivity index (χ0) is 12.8. The molecule has 0 aliphatic carbocycles. The molecule has 1 aromatic carbocycles. The van der Waals surface area contributed by atoms with Gasteiger partial charge in [0.25, 0.3) is 5.91 Å². The van der Waals surface area contributed by atoms with Crippen molar-refractivity contribution in [3.8, 4) is 0 Å². The fraction of sp³-hybridized carbons (Fsp3) is 0.100. The number of amides is 1. The van der Waals surface area contributed by atoms with E-state index in [1.54, 1.807) is 5.48 Å². The van der Waals surface area contributed by atoms with Crippen LogP contribution in [0.1, 0.15) is 20.7 Å². The number of hydrogen-bond acceptors (Lipinski definition) is 6. The van der Waals surface area contributed by atoms with Gasteiger partial charge in [-0.25, -0.2) is 5.48 Å². The Labute approximate surface area is 152 Å². The van der Waals surface area contributed by atoms with E-state index in [0.717, 1.165) is 0 Å². The number of aromatic carboxylic acids is 1. The summed E-state index contributed by atoms with van der Waals surface area (Å²) >= 11 is 0. The van der Waals surface area contributed by atoms with E-state index < -0.39 is 24.5 Å². The van der Waals surface area contributed by atoms with Crippen molar-refractivity contribution in [2.45, 2.75) is 0 Å². The maximum atomic E-state index is 11.4. The summed E-state index contributed by atoms with van der Waals surface area (Å²) in [4.78, 5) is 36.4. The summed E-state index contributed by atoms with van der Waals surface area (Å²) < 4.78 is 0. The van der Waals surface area contributed by atoms with Crippen molar-refractivity contribution in [3.05, 3.63) is 35.4 Å². The second kappa shape index (κ2) is 10.4. The molecule has 0 unspecified atom stereocenters. The SMILES string of the molecule is O=C([O-])CONC(=O)c1ccccc1C(=O)[O-].[Na+].[Na+]. The Kier molecular flexibility index (Phi) is 11.4. The van der Waals surface area contributed by atoms with Gasteiger partial charge in [-0.15, -0.1) is 0 Å². The number of hydroxylamine groups is 1. The van der Waals surface area contributed by atoms with E-state index in [9.17, 15) is 24.6 Å². The minimum Gasteiger partial charge on any atom is -0.548 e. The van der Waals surface area contributed by atoms with Crippen LogP contribution in [0.5, 0.6) is 0 Å². The number of carbonyl (C=O) groups is 3. The van der Waals surface area contributed by atoms with Crippen LogP contribution in [0.2, 0.25) is 0 Å². The third-order valence-corrected chi connectivity index (χ3v) is 1.75. The smallest absolute Gasteiger partial charge is 0.548 e. The maximum absolute atomic E-state index is 11.4. The molecule has 19 heavy (non-hydrogen) atoms. The van der Waals surface area contributed by atoms with E-state index in [4.69, 9.17) is 0 Å². The molecule has 7 nitrogen and oxygen atoms in total. The van der Waals surface area contributed by atoms with Crippen LogP contribution in [-0.4, -0.2) is 24.5 Å². The van der Waals surface area contributed by atoms with Gasteiger partial charge in [0.2, 0.25) is 0 Å². The van der Waals surface area contributed by atoms with Crippen LogP contribution in [0, 0.1) is 0 Å². The molecule has 1 aromatic rings. The zero-order valence-corrected chi connectivity index (χ0v) is 14.5. The number of rotatable bonds is 5. The molecule has 0 saturated heterocycles. The van der Waals surface area contributed by atoms with Crippen molar-refractivity contribution >= 4 is 17.8 Å². The third kappa shape index (κ3) is 7.07. The number of carboxylic acids is 2. The van der Waals surface area contributed by atoms with E-state index in [2.05, 4.69) is 4.84 Å². The summed E-state index contributed by atoms with van der Waals surface area (Å²) in [5, 5.41) is 20.7. The molecular weight excluding hydrogens is 276 g/mol. The van der Waals surface area contributed by atoms with Gasteiger partial charge in [-0.3, -0.25) is 9.63 Å². The molecule has 0 aromatic heterocycles. The molecular formula is C10H7NNa2O6. The quantitative estimate of drug-likeness (QED) is 0.423. The molecule has 0 spiro atoms. The van der Waals surface area contributed by atoms with E-state index in [0.29, 0.717) is 0 Å². The van der Waals surface area contributed by atoms with Gasteiger partial charge < -0.3 is 19.8 Å². The second-order valence-electron chi connectivity index (χ2n) is 2.92. The summed E-state index contributed by atoms with van der Waals surface area (Å²) in [5.41, 5.74) is 1.27. The fourth-order valence-electron chi connectivity index (χ4n) is 1.07. The van der Waals surface area contributed by atoms with Crippen LogP contribution in [0.25, 0.3) is 0 Å². The Bertz CT molecular complexity index is 465. The Balaban J connectivity index is 0. The molecule has 1 rings (SSSR count). The molecule has 1 N–H and O–H groups in total. The Morgan fingerprint density at radius 2 is 1.58 bits per heavy atom. The summed E-state index contributed by atoms with van der Waals surface area (Å²) in [5.74, 6) is -3.92. The minimum atomic E-state index is -1.52. The average Bonchev–Trinajstić information content (AvgIpc) is 2.28. The normalized spacial score (nSPS) is 8.63. The van der Waals surface area contributed by atoms with Crippen LogP contribution in [0.4, 0.5) is 0 Å². The molecule has 0 heterocycles. The van der Waals surface area contributed by atoms with Crippen LogP contribution < -0.4 is 74.8 Å². The zero-order valence-electron chi connectivity index (χ0n) is 10.5. The second-order valence-corrected chi connectivity index (χ2v) is 2.92. The number of hydrogen-bond donors (Lipinski definition) is 1. The van der Waals surface area contributed by atoms with Crippen LogP contribution >= 0.6 is 0 Å². The molecule has 0 saturated carbocycles. The summed E-state index contributed by atoms with van der Waals surface area (Å²) in [6.07, 6.45) is 0. The topological polar surface area (TPSA) is 119 Å². The van der Waals surface area contributed by atoms with Gasteiger partial charge in [0.05, 0.1) is 17.5 Å². The molecule has 90 valence electrons. The molecule has 9 heteroatoms. The molecule has 0 aliphatic rings. The van der Waals surface area contributed by atoms with E-state index >= 15 is 0 Å². The first-order valence-electron chi connectivity index (χ1n) is 4.44. The fourth-order valence-corrected chi connectivity index (χ4v) is 1.07. The summed E-state index contributed by atoms with van der Waals surface area (Å²) in [6.45, 7) is -0.834. The predicted octanol–water partition coefficient (Wildman–Crippen LogP) is -8.53. The van der Waals surface area contributed by atoms with E-state index in [-0.39, 0.29) is 70.2 Å². The predicted molar refractivity (Wildman–Crippen MR) is 49.2 cm³/mol. The van der Waals surface area contributed by atoms with Crippen molar-refractivity contribution in [2.24, 2.45) is 0 Å². The maximum Gasteiger partial charge on any atom is 1.00 e. The van der Waals surface area contributed by atoms with E-state index in [1.165, 1.54) is 24.3 Å². The van der Waals surface area contributed by atoms with E-state index in [1.807, 2.05) is 0 Å². The number of carboxylic acid groups (broad SMARTS) is 2. The van der Waals surface area contributed by atoms with Crippen molar-refractivity contribution in [3.63, 3.8) is 0 Å². The Morgan fingerprint density at radius 1 is 1.05 bits per heavy atom. The first kappa shape index (κ1) is 20.9. The summed E-state index contributed by atoms with van der Waals surface area (Å²) in [6, 6.07) is 5.29. The van der Waals surface area contributed by atoms with Gasteiger partial charge in [-0.05, 0) is 6.07 Å². The third-order valence-electron chi connectivity index (χ3n) is 1.75. The van der Waals surface area contributed by atoms with Crippen LogP contribution in [0.3, 0.4) is 0 Å². The summed E-state index contributed by atoms with van der Waals surface area (Å²) in [7, 11) is 0. The molecule has 0 radical (unpaired) electrons. The number of benzene rings is 1. The van der Waals surface area contributed by atoms with Gasteiger partial charge >= 0.3 is 59.1 Å². The first-order chi connectivity index (χ1) is 8.02. The molecule has 0 bridgehead atoms. The molecule has 0 atom stereocenters. The van der Waals surface area contributed by atoms with Crippen molar-refractivity contribution < 1.29 is 88.5 Å². The van der Waals surface area contributed by atoms with Gasteiger partial charge in [-0.2, -0.15) is 0 Å². The number of carbonyl (C=O) groups excluding carboxylic acids is 3. The van der Waals surface area contributed by atoms with Gasteiger partial charge in [-0.1, -0.05) is 18.2 Å². The van der Waals surface area contributed by atoms with Gasteiger partial charge in [0, 0.05) is 5.56 Å². The number of nitrogens with one attached hydrogen (secondary N) is 1. The standard InChI is InChI=1S/C10H9NO6.2Na/c12-8(13)5-17-11-9(14)6-3-1-2-4-7(6)10(15)16;;/h1-4H,5H2,(H,11,14)(H,12,13)(H,15,16);;/q;2*+1/p-2. The van der Waals surface area contributed by atoms with Gasteiger partial charge in [0.15, 0.2) is 0 Å². The number of aliphatic carboxylic acids is 1. The average molecular weight is 283 g/mol. The van der Waals surface area contributed by atoms with Crippen LogP contribution in [-0.2, 0) is 9.63 Å². The Morgan fingerprint density at radius 3 is 2.05 bits per heavy atom. The van der Waals surface area contributed by atoms with Crippen molar-refractivity contribution in [2.75, 3.05) is 6.61 Å². The first-order valence-corrected chi connectivity index (χ1v) is 4.44. The van der Waals surface area contributed by atoms with Crippen molar-refractivity contribution in [1.82, 2.24) is 5.48 Å². The minimum absolute atomic E-state index is 0. The van der Waals surface area contributed by atoms with Crippen molar-refractivity contribution in [1.29, 1.82) is 0 Å². The largest absolute Gasteiger partial charge is 1.00 e. The monoisotopic (exact) mass is 283 g/mol. The van der Waals surface area contributed by atoms with Gasteiger partial charge in [0.1, 0.15) is 6.61 Å².